The summed E-state index contributed by atoms with van der Waals surface area (Å²) >= 11 is 0. The molecule has 148 valence electrons. The first-order chi connectivity index (χ1) is 13.5. The van der Waals surface area contributed by atoms with Gasteiger partial charge in [-0.2, -0.15) is 0 Å². The van der Waals surface area contributed by atoms with Crippen molar-refractivity contribution in [2.75, 3.05) is 0 Å². The Kier molecular flexibility index (Phi) is 8.94. The van der Waals surface area contributed by atoms with Crippen LogP contribution in [0.5, 0.6) is 0 Å². The van der Waals surface area contributed by atoms with Crippen molar-refractivity contribution in [1.82, 2.24) is 0 Å². The molecule has 0 heterocycles. The van der Waals surface area contributed by atoms with E-state index < -0.39 is 0 Å². The van der Waals surface area contributed by atoms with E-state index in [1.54, 1.807) is 0 Å². The number of ketones is 1. The van der Waals surface area contributed by atoms with Crippen LogP contribution in [-0.4, -0.2) is 5.78 Å². The monoisotopic (exact) mass is 374 g/mol. The van der Waals surface area contributed by atoms with E-state index in [-0.39, 0.29) is 5.78 Å². The van der Waals surface area contributed by atoms with Crippen LogP contribution in [-0.2, 0) is 4.79 Å². The van der Waals surface area contributed by atoms with Gasteiger partial charge in [-0.1, -0.05) is 88.4 Å². The molecule has 2 rings (SSSR count). The molecule has 0 saturated carbocycles. The summed E-state index contributed by atoms with van der Waals surface area (Å²) in [6.45, 7) is 8.85. The van der Waals surface area contributed by atoms with Gasteiger partial charge in [0.2, 0.25) is 0 Å². The molecule has 1 heteroatoms. The van der Waals surface area contributed by atoms with Gasteiger partial charge in [0, 0.05) is 11.1 Å². The molecular weight excluding hydrogens is 340 g/mol. The number of rotatable bonds is 10. The topological polar surface area (TPSA) is 17.1 Å². The number of hydrogen-bond donors (Lipinski definition) is 0. The van der Waals surface area contributed by atoms with Crippen molar-refractivity contribution in [2.45, 2.75) is 53.4 Å². The highest BCUT2D eigenvalue weighted by molar-refractivity contribution is 6.13. The molecule has 0 bridgehead atoms. The minimum absolute atomic E-state index is 0.203. The lowest BCUT2D eigenvalue weighted by Gasteiger charge is -2.14. The van der Waals surface area contributed by atoms with Gasteiger partial charge in [0.15, 0.2) is 5.78 Å². The lowest BCUT2D eigenvalue weighted by molar-refractivity contribution is -0.112. The summed E-state index contributed by atoms with van der Waals surface area (Å²) in [5, 5.41) is 0. The minimum atomic E-state index is 0.203. The van der Waals surface area contributed by atoms with E-state index in [0.717, 1.165) is 48.0 Å². The van der Waals surface area contributed by atoms with Crippen LogP contribution in [0.1, 0.15) is 64.5 Å². The van der Waals surface area contributed by atoms with Crippen LogP contribution in [0.4, 0.5) is 0 Å². The molecule has 0 aliphatic carbocycles. The average molecular weight is 375 g/mol. The highest BCUT2D eigenvalue weighted by Crippen LogP contribution is 2.24. The standard InChI is InChI=1S/C27H34O/c1-21(2)15-17-25(19-23-11-7-5-8-12-23)27(28)26(18-16-22(3)4)20-24-13-9-6-10-14-24/h5-14,19-22H,15-18H2,1-4H3/b25-19+,26-20+. The predicted octanol–water partition coefficient (Wildman–Crippen LogP) is 7.60. The summed E-state index contributed by atoms with van der Waals surface area (Å²) in [5.74, 6) is 1.35. The van der Waals surface area contributed by atoms with E-state index >= 15 is 0 Å². The summed E-state index contributed by atoms with van der Waals surface area (Å²) < 4.78 is 0. The lowest BCUT2D eigenvalue weighted by Crippen LogP contribution is -2.09. The maximum absolute atomic E-state index is 13.5. The van der Waals surface area contributed by atoms with Gasteiger partial charge >= 0.3 is 0 Å². The maximum Gasteiger partial charge on any atom is 0.185 e. The summed E-state index contributed by atoms with van der Waals surface area (Å²) in [7, 11) is 0. The molecule has 0 fully saturated rings. The maximum atomic E-state index is 13.5. The molecule has 2 aromatic rings. The molecule has 0 aliphatic heterocycles. The van der Waals surface area contributed by atoms with Crippen molar-refractivity contribution in [1.29, 1.82) is 0 Å². The Labute approximate surface area is 171 Å². The molecule has 0 N–H and O–H groups in total. The second kappa shape index (κ2) is 11.4. The Morgan fingerprint density at radius 3 is 1.36 bits per heavy atom. The molecule has 0 aliphatic rings. The van der Waals surface area contributed by atoms with Crippen molar-refractivity contribution in [3.63, 3.8) is 0 Å². The van der Waals surface area contributed by atoms with Crippen LogP contribution in [0.15, 0.2) is 71.8 Å². The third kappa shape index (κ3) is 7.68. The Balaban J connectivity index is 2.37. The fraction of sp³-hybridized carbons (Fsp3) is 0.370. The zero-order valence-corrected chi connectivity index (χ0v) is 17.8. The number of benzene rings is 2. The highest BCUT2D eigenvalue weighted by atomic mass is 16.1. The van der Waals surface area contributed by atoms with Crippen molar-refractivity contribution in [2.24, 2.45) is 11.8 Å². The first-order valence-corrected chi connectivity index (χ1v) is 10.5. The Morgan fingerprint density at radius 2 is 1.04 bits per heavy atom. The second-order valence-corrected chi connectivity index (χ2v) is 8.35. The first-order valence-electron chi connectivity index (χ1n) is 10.5. The Morgan fingerprint density at radius 1 is 0.679 bits per heavy atom. The molecule has 0 radical (unpaired) electrons. The smallest absolute Gasteiger partial charge is 0.185 e. The van der Waals surface area contributed by atoms with Crippen molar-refractivity contribution in [3.05, 3.63) is 82.9 Å². The van der Waals surface area contributed by atoms with Gasteiger partial charge in [-0.15, -0.1) is 0 Å². The predicted molar refractivity (Wildman–Crippen MR) is 122 cm³/mol. The third-order valence-corrected chi connectivity index (χ3v) is 4.85. The Hall–Kier alpha value is -2.41. The van der Waals surface area contributed by atoms with Crippen LogP contribution in [0.3, 0.4) is 0 Å². The normalized spacial score (nSPS) is 12.6. The molecule has 0 atom stereocenters. The number of carbonyl (C=O) groups excluding carboxylic acids is 1. The van der Waals surface area contributed by atoms with Crippen LogP contribution in [0.25, 0.3) is 12.2 Å². The lowest BCUT2D eigenvalue weighted by atomic mass is 9.90. The highest BCUT2D eigenvalue weighted by Gasteiger charge is 2.16. The molecule has 0 amide bonds. The van der Waals surface area contributed by atoms with Crippen molar-refractivity contribution < 1.29 is 4.79 Å². The molecule has 28 heavy (non-hydrogen) atoms. The summed E-state index contributed by atoms with van der Waals surface area (Å²) in [5.41, 5.74) is 4.03. The van der Waals surface area contributed by atoms with Gasteiger partial charge < -0.3 is 0 Å². The van der Waals surface area contributed by atoms with E-state index in [4.69, 9.17) is 0 Å². The molecule has 2 aromatic carbocycles. The number of carbonyl (C=O) groups is 1. The van der Waals surface area contributed by atoms with Gasteiger partial charge in [-0.3, -0.25) is 4.79 Å². The van der Waals surface area contributed by atoms with Crippen LogP contribution < -0.4 is 0 Å². The summed E-state index contributed by atoms with van der Waals surface area (Å²) in [6, 6.07) is 20.4. The van der Waals surface area contributed by atoms with Gasteiger partial charge in [0.1, 0.15) is 0 Å². The van der Waals surface area contributed by atoms with Gasteiger partial charge in [-0.25, -0.2) is 0 Å². The van der Waals surface area contributed by atoms with Crippen LogP contribution in [0.2, 0.25) is 0 Å². The molecule has 0 aromatic heterocycles. The Bertz CT molecular complexity index is 712. The minimum Gasteiger partial charge on any atom is -0.289 e. The first kappa shape index (κ1) is 21.9. The van der Waals surface area contributed by atoms with E-state index in [1.165, 1.54) is 0 Å². The second-order valence-electron chi connectivity index (χ2n) is 8.35. The number of hydrogen-bond acceptors (Lipinski definition) is 1. The third-order valence-electron chi connectivity index (χ3n) is 4.85. The molecule has 0 unspecified atom stereocenters. The van der Waals surface area contributed by atoms with Gasteiger partial charge in [0.25, 0.3) is 0 Å². The zero-order chi connectivity index (χ0) is 20.4. The zero-order valence-electron chi connectivity index (χ0n) is 17.8. The van der Waals surface area contributed by atoms with E-state index in [2.05, 4.69) is 64.1 Å². The van der Waals surface area contributed by atoms with E-state index in [9.17, 15) is 4.79 Å². The molecular formula is C27H34O. The summed E-state index contributed by atoms with van der Waals surface area (Å²) in [4.78, 5) is 13.5. The average Bonchev–Trinajstić information content (AvgIpc) is 2.69. The van der Waals surface area contributed by atoms with Crippen molar-refractivity contribution >= 4 is 17.9 Å². The van der Waals surface area contributed by atoms with E-state index in [0.29, 0.717) is 11.8 Å². The van der Waals surface area contributed by atoms with Gasteiger partial charge in [-0.05, 0) is 60.8 Å². The fourth-order valence-electron chi connectivity index (χ4n) is 3.10. The van der Waals surface area contributed by atoms with Gasteiger partial charge in [0.05, 0.1) is 0 Å². The summed E-state index contributed by atoms with van der Waals surface area (Å²) in [6.07, 6.45) is 7.84. The fourth-order valence-corrected chi connectivity index (χ4v) is 3.10. The molecule has 0 saturated heterocycles. The number of Topliss-reactive ketones (excluding diaryl/α,β-unsaturated/α-hetero) is 1. The van der Waals surface area contributed by atoms with Crippen LogP contribution >= 0.6 is 0 Å². The van der Waals surface area contributed by atoms with E-state index in [1.807, 2.05) is 36.4 Å². The van der Waals surface area contributed by atoms with Crippen molar-refractivity contribution in [3.8, 4) is 0 Å². The molecule has 0 spiro atoms. The van der Waals surface area contributed by atoms with Crippen LogP contribution in [0, 0.1) is 11.8 Å². The SMILES string of the molecule is CC(C)CC/C(=C\c1ccccc1)C(=O)/C(=C/c1ccccc1)CCC(C)C. The molecule has 1 nitrogen and oxygen atoms in total. The number of allylic oxidation sites excluding steroid dienone is 2. The largest absolute Gasteiger partial charge is 0.289 e. The quantitative estimate of drug-likeness (QED) is 0.391.